The van der Waals surface area contributed by atoms with Gasteiger partial charge in [0.15, 0.2) is 0 Å². The molecule has 0 fully saturated rings. The minimum Gasteiger partial charge on any atom is -0.466 e. The number of nitrogens with one attached hydrogen (secondary N) is 1. The highest BCUT2D eigenvalue weighted by molar-refractivity contribution is 5.76. The molecule has 1 amide bonds. The SMILES string of the molecule is CCCCCCCC/C=C\CCCCCCCCCC(=O)OCCCCCCCC/C=C\CCCCCCCCCC(=O)NC(CO)C(O)CCCCCCCCCCCCCCCCCCCCCCC. The van der Waals surface area contributed by atoms with Crippen molar-refractivity contribution in [2.45, 2.75) is 373 Å². The fourth-order valence-corrected chi connectivity index (χ4v) is 10.2. The van der Waals surface area contributed by atoms with E-state index in [0.717, 1.165) is 57.8 Å². The summed E-state index contributed by atoms with van der Waals surface area (Å²) in [5, 5.41) is 23.4. The zero-order chi connectivity index (χ0) is 52.2. The molecule has 0 aromatic carbocycles. The molecule has 6 nitrogen and oxygen atoms in total. The van der Waals surface area contributed by atoms with Crippen molar-refractivity contribution in [3.63, 3.8) is 0 Å². The molecule has 0 aromatic rings. The Hall–Kier alpha value is -1.66. The molecule has 0 aromatic heterocycles. The number of hydrogen-bond donors (Lipinski definition) is 3. The van der Waals surface area contributed by atoms with Gasteiger partial charge in [-0.1, -0.05) is 295 Å². The summed E-state index contributed by atoms with van der Waals surface area (Å²) >= 11 is 0. The van der Waals surface area contributed by atoms with Crippen molar-refractivity contribution in [1.82, 2.24) is 5.32 Å². The summed E-state index contributed by atoms with van der Waals surface area (Å²) in [5.74, 6) is -0.0478. The average Bonchev–Trinajstić information content (AvgIpc) is 3.38. The van der Waals surface area contributed by atoms with Crippen LogP contribution in [0.4, 0.5) is 0 Å². The van der Waals surface area contributed by atoms with Gasteiger partial charge in [-0.05, 0) is 77.0 Å². The number of allylic oxidation sites excluding steroid dienone is 4. The van der Waals surface area contributed by atoms with E-state index in [1.54, 1.807) is 0 Å². The molecule has 0 heterocycles. The fourth-order valence-electron chi connectivity index (χ4n) is 10.2. The van der Waals surface area contributed by atoms with Crippen molar-refractivity contribution in [3.8, 4) is 0 Å². The van der Waals surface area contributed by atoms with Gasteiger partial charge in [0.2, 0.25) is 5.91 Å². The lowest BCUT2D eigenvalue weighted by Gasteiger charge is -2.22. The molecule has 0 spiro atoms. The smallest absolute Gasteiger partial charge is 0.305 e. The second-order valence-corrected chi connectivity index (χ2v) is 22.4. The third-order valence-corrected chi connectivity index (χ3v) is 15.2. The molecule has 0 bridgehead atoms. The van der Waals surface area contributed by atoms with Crippen LogP contribution in [0.1, 0.15) is 361 Å². The maximum Gasteiger partial charge on any atom is 0.305 e. The Morgan fingerprint density at radius 1 is 0.375 bits per heavy atom. The topological polar surface area (TPSA) is 95.9 Å². The molecule has 0 aliphatic heterocycles. The predicted molar refractivity (Wildman–Crippen MR) is 315 cm³/mol. The first-order valence-corrected chi connectivity index (χ1v) is 32.6. The highest BCUT2D eigenvalue weighted by Gasteiger charge is 2.20. The molecule has 72 heavy (non-hydrogen) atoms. The Labute approximate surface area is 450 Å². The Balaban J connectivity index is 3.44. The molecular formula is C66H127NO5. The van der Waals surface area contributed by atoms with Gasteiger partial charge in [-0.15, -0.1) is 0 Å². The van der Waals surface area contributed by atoms with Crippen molar-refractivity contribution in [3.05, 3.63) is 24.3 Å². The molecule has 426 valence electrons. The van der Waals surface area contributed by atoms with Crippen LogP contribution in [-0.2, 0) is 14.3 Å². The Morgan fingerprint density at radius 2 is 0.653 bits per heavy atom. The van der Waals surface area contributed by atoms with E-state index in [2.05, 4.69) is 43.5 Å². The van der Waals surface area contributed by atoms with Crippen LogP contribution >= 0.6 is 0 Å². The molecule has 0 radical (unpaired) electrons. The van der Waals surface area contributed by atoms with E-state index in [0.29, 0.717) is 25.9 Å². The number of aliphatic hydroxyl groups is 2. The number of rotatable bonds is 61. The molecule has 0 saturated carbocycles. The third-order valence-electron chi connectivity index (χ3n) is 15.2. The molecule has 0 saturated heterocycles. The predicted octanol–water partition coefficient (Wildman–Crippen LogP) is 20.6. The van der Waals surface area contributed by atoms with Crippen LogP contribution < -0.4 is 5.32 Å². The van der Waals surface area contributed by atoms with Crippen molar-refractivity contribution in [2.24, 2.45) is 0 Å². The number of aliphatic hydroxyl groups excluding tert-OH is 2. The second kappa shape index (κ2) is 61.9. The number of amides is 1. The highest BCUT2D eigenvalue weighted by atomic mass is 16.5. The number of carbonyl (C=O) groups excluding carboxylic acids is 2. The molecule has 0 aliphatic rings. The minimum atomic E-state index is -0.673. The average molecular weight is 1010 g/mol. The van der Waals surface area contributed by atoms with E-state index in [-0.39, 0.29) is 18.5 Å². The summed E-state index contributed by atoms with van der Waals surface area (Å²) < 4.78 is 5.48. The first-order chi connectivity index (χ1) is 35.5. The van der Waals surface area contributed by atoms with E-state index in [9.17, 15) is 19.8 Å². The first kappa shape index (κ1) is 70.3. The number of hydrogen-bond acceptors (Lipinski definition) is 5. The van der Waals surface area contributed by atoms with Gasteiger partial charge in [-0.3, -0.25) is 9.59 Å². The minimum absolute atomic E-state index is 0.00424. The molecular weight excluding hydrogens is 887 g/mol. The number of esters is 1. The van der Waals surface area contributed by atoms with Crippen LogP contribution in [-0.4, -0.2) is 47.4 Å². The lowest BCUT2D eigenvalue weighted by molar-refractivity contribution is -0.143. The van der Waals surface area contributed by atoms with Gasteiger partial charge in [0, 0.05) is 12.8 Å². The Kier molecular flexibility index (Phi) is 60.5. The molecule has 2 unspecified atom stereocenters. The van der Waals surface area contributed by atoms with Crippen LogP contribution in [0.25, 0.3) is 0 Å². The van der Waals surface area contributed by atoms with Crippen LogP contribution in [0.2, 0.25) is 0 Å². The van der Waals surface area contributed by atoms with Gasteiger partial charge >= 0.3 is 5.97 Å². The van der Waals surface area contributed by atoms with Crippen molar-refractivity contribution < 1.29 is 24.5 Å². The van der Waals surface area contributed by atoms with Gasteiger partial charge < -0.3 is 20.3 Å². The molecule has 3 N–H and O–H groups in total. The van der Waals surface area contributed by atoms with E-state index in [4.69, 9.17) is 4.74 Å². The number of ether oxygens (including phenoxy) is 1. The summed E-state index contributed by atoms with van der Waals surface area (Å²) in [4.78, 5) is 24.6. The standard InChI is InChI=1S/C66H127NO5/c1-3-5-7-9-11-13-15-17-19-21-22-23-24-27-30-34-38-42-46-50-54-58-64(69)63(62-68)67-65(70)59-55-51-47-43-39-35-31-28-25-29-33-37-41-45-49-53-57-61-72-66(71)60-56-52-48-44-40-36-32-26-20-18-16-14-12-10-8-6-4-2/h18,20,25,29,63-64,68-69H,3-17,19,21-24,26-28,30-62H2,1-2H3,(H,67,70)/b20-18-,29-25-. The van der Waals surface area contributed by atoms with Gasteiger partial charge in [-0.25, -0.2) is 0 Å². The third kappa shape index (κ3) is 57.6. The van der Waals surface area contributed by atoms with E-state index < -0.39 is 12.1 Å². The van der Waals surface area contributed by atoms with Crippen molar-refractivity contribution in [1.29, 1.82) is 0 Å². The molecule has 6 heteroatoms. The van der Waals surface area contributed by atoms with Crippen LogP contribution in [0, 0.1) is 0 Å². The second-order valence-electron chi connectivity index (χ2n) is 22.4. The van der Waals surface area contributed by atoms with E-state index in [1.165, 1.54) is 270 Å². The monoisotopic (exact) mass is 1010 g/mol. The van der Waals surface area contributed by atoms with Crippen LogP contribution in [0.15, 0.2) is 24.3 Å². The first-order valence-electron chi connectivity index (χ1n) is 32.6. The maximum absolute atomic E-state index is 12.5. The van der Waals surface area contributed by atoms with Crippen molar-refractivity contribution in [2.75, 3.05) is 13.2 Å². The van der Waals surface area contributed by atoms with E-state index in [1.807, 2.05) is 0 Å². The van der Waals surface area contributed by atoms with Crippen LogP contribution in [0.5, 0.6) is 0 Å². The lowest BCUT2D eigenvalue weighted by atomic mass is 10.0. The van der Waals surface area contributed by atoms with Crippen molar-refractivity contribution >= 4 is 11.9 Å². The Bertz CT molecular complexity index is 1120. The summed E-state index contributed by atoms with van der Waals surface area (Å²) in [6.45, 7) is 4.96. The number of unbranched alkanes of at least 4 members (excludes halogenated alkanes) is 46. The zero-order valence-electron chi connectivity index (χ0n) is 48.7. The molecule has 2 atom stereocenters. The highest BCUT2D eigenvalue weighted by Crippen LogP contribution is 2.18. The molecule has 0 rings (SSSR count). The summed E-state index contributed by atoms with van der Waals surface area (Å²) in [6.07, 6.45) is 76.2. The quantitative estimate of drug-likeness (QED) is 0.0320. The fraction of sp³-hybridized carbons (Fsp3) is 0.909. The lowest BCUT2D eigenvalue weighted by Crippen LogP contribution is -2.45. The number of carbonyl (C=O) groups is 2. The van der Waals surface area contributed by atoms with Gasteiger partial charge in [0.25, 0.3) is 0 Å². The van der Waals surface area contributed by atoms with Crippen LogP contribution in [0.3, 0.4) is 0 Å². The van der Waals surface area contributed by atoms with Gasteiger partial charge in [-0.2, -0.15) is 0 Å². The molecule has 0 aliphatic carbocycles. The summed E-state index contributed by atoms with van der Waals surface area (Å²) in [6, 6.07) is -0.552. The van der Waals surface area contributed by atoms with Gasteiger partial charge in [0.05, 0.1) is 25.4 Å². The van der Waals surface area contributed by atoms with E-state index >= 15 is 0 Å². The zero-order valence-corrected chi connectivity index (χ0v) is 48.7. The normalized spacial score (nSPS) is 12.7. The maximum atomic E-state index is 12.5. The Morgan fingerprint density at radius 3 is 0.986 bits per heavy atom. The summed E-state index contributed by atoms with van der Waals surface area (Å²) in [5.41, 5.74) is 0. The largest absolute Gasteiger partial charge is 0.466 e. The summed E-state index contributed by atoms with van der Waals surface area (Å²) in [7, 11) is 0. The van der Waals surface area contributed by atoms with Gasteiger partial charge in [0.1, 0.15) is 0 Å².